The first-order valence-corrected chi connectivity index (χ1v) is 7.75. The summed E-state index contributed by atoms with van der Waals surface area (Å²) in [5.74, 6) is 0. The number of fused-ring (bicyclic) bond motifs is 1. The van der Waals surface area contributed by atoms with E-state index in [1.54, 1.807) is 0 Å². The van der Waals surface area contributed by atoms with E-state index in [-0.39, 0.29) is 6.10 Å². The standard InChI is InChI=1S/C16H24N4O/c1-3-19-8-9-21-14(12-19)10-17-11-15-13(2)18-16-6-4-5-7-20(15)16/h4-7,14,17H,3,8-12H2,1-2H3. The SMILES string of the molecule is CCN1CCOC(CNCc2c(C)nc3ccccn23)C1. The minimum absolute atomic E-state index is 0.290. The number of nitrogens with one attached hydrogen (secondary N) is 1. The molecule has 1 fully saturated rings. The molecule has 5 heteroatoms. The Morgan fingerprint density at radius 1 is 1.43 bits per heavy atom. The van der Waals surface area contributed by atoms with Gasteiger partial charge in [-0.1, -0.05) is 13.0 Å². The van der Waals surface area contributed by atoms with Crippen LogP contribution in [0.5, 0.6) is 0 Å². The zero-order chi connectivity index (χ0) is 14.7. The summed E-state index contributed by atoms with van der Waals surface area (Å²) in [7, 11) is 0. The van der Waals surface area contributed by atoms with E-state index in [4.69, 9.17) is 4.74 Å². The van der Waals surface area contributed by atoms with Gasteiger partial charge in [-0.15, -0.1) is 0 Å². The molecule has 3 heterocycles. The van der Waals surface area contributed by atoms with Crippen LogP contribution in [0.3, 0.4) is 0 Å². The van der Waals surface area contributed by atoms with Crippen LogP contribution in [0.15, 0.2) is 24.4 Å². The first kappa shape index (κ1) is 14.5. The van der Waals surface area contributed by atoms with Crippen LogP contribution < -0.4 is 5.32 Å². The van der Waals surface area contributed by atoms with E-state index in [1.807, 2.05) is 18.2 Å². The zero-order valence-corrected chi connectivity index (χ0v) is 12.9. The lowest BCUT2D eigenvalue weighted by Gasteiger charge is -2.32. The monoisotopic (exact) mass is 288 g/mol. The molecule has 0 aliphatic carbocycles. The molecule has 1 N–H and O–H groups in total. The van der Waals surface area contributed by atoms with E-state index in [0.717, 1.165) is 50.7 Å². The number of pyridine rings is 1. The van der Waals surface area contributed by atoms with Gasteiger partial charge in [0.25, 0.3) is 0 Å². The number of rotatable bonds is 5. The van der Waals surface area contributed by atoms with Gasteiger partial charge in [0.05, 0.1) is 24.1 Å². The number of morpholine rings is 1. The quantitative estimate of drug-likeness (QED) is 0.904. The van der Waals surface area contributed by atoms with Gasteiger partial charge >= 0.3 is 0 Å². The Morgan fingerprint density at radius 3 is 3.19 bits per heavy atom. The van der Waals surface area contributed by atoms with Crippen LogP contribution in [0, 0.1) is 6.92 Å². The van der Waals surface area contributed by atoms with Crippen molar-refractivity contribution in [1.29, 1.82) is 0 Å². The molecule has 1 atom stereocenters. The Hall–Kier alpha value is -1.43. The second-order valence-electron chi connectivity index (χ2n) is 5.59. The van der Waals surface area contributed by atoms with E-state index >= 15 is 0 Å². The van der Waals surface area contributed by atoms with Gasteiger partial charge in [0, 0.05) is 32.4 Å². The minimum Gasteiger partial charge on any atom is -0.374 e. The van der Waals surface area contributed by atoms with E-state index in [9.17, 15) is 0 Å². The molecule has 1 saturated heterocycles. The largest absolute Gasteiger partial charge is 0.374 e. The Bertz CT molecular complexity index is 595. The highest BCUT2D eigenvalue weighted by atomic mass is 16.5. The van der Waals surface area contributed by atoms with Crippen molar-refractivity contribution < 1.29 is 4.74 Å². The molecule has 0 saturated carbocycles. The maximum atomic E-state index is 5.82. The predicted molar refractivity (Wildman–Crippen MR) is 83.5 cm³/mol. The molecule has 0 spiro atoms. The molecule has 0 amide bonds. The Kier molecular flexibility index (Phi) is 4.53. The first-order chi connectivity index (χ1) is 10.3. The fourth-order valence-corrected chi connectivity index (χ4v) is 2.92. The summed E-state index contributed by atoms with van der Waals surface area (Å²) in [5.41, 5.74) is 3.33. The van der Waals surface area contributed by atoms with Crippen LogP contribution in [0.1, 0.15) is 18.3 Å². The number of aromatic nitrogens is 2. The molecule has 0 bridgehead atoms. The van der Waals surface area contributed by atoms with Crippen LogP contribution in [0.4, 0.5) is 0 Å². The summed E-state index contributed by atoms with van der Waals surface area (Å²) < 4.78 is 7.98. The lowest BCUT2D eigenvalue weighted by Crippen LogP contribution is -2.46. The average molecular weight is 288 g/mol. The number of aryl methyl sites for hydroxylation is 1. The summed E-state index contributed by atoms with van der Waals surface area (Å²) in [4.78, 5) is 7.03. The van der Waals surface area contributed by atoms with Crippen molar-refractivity contribution in [2.75, 3.05) is 32.8 Å². The summed E-state index contributed by atoms with van der Waals surface area (Å²) in [6.07, 6.45) is 2.36. The molecule has 2 aromatic heterocycles. The van der Waals surface area contributed by atoms with Crippen LogP contribution in [0.25, 0.3) is 5.65 Å². The predicted octanol–water partition coefficient (Wildman–Crippen LogP) is 1.45. The van der Waals surface area contributed by atoms with Crippen LogP contribution in [-0.2, 0) is 11.3 Å². The normalized spacial score (nSPS) is 20.2. The van der Waals surface area contributed by atoms with E-state index in [2.05, 4.69) is 39.6 Å². The van der Waals surface area contributed by atoms with Crippen LogP contribution in [0.2, 0.25) is 0 Å². The van der Waals surface area contributed by atoms with E-state index in [1.165, 1.54) is 5.69 Å². The van der Waals surface area contributed by atoms with Crippen molar-refractivity contribution in [3.63, 3.8) is 0 Å². The molecule has 1 aliphatic heterocycles. The molecule has 3 rings (SSSR count). The molecule has 0 radical (unpaired) electrons. The van der Waals surface area contributed by atoms with Crippen LogP contribution >= 0.6 is 0 Å². The third-order valence-corrected chi connectivity index (χ3v) is 4.16. The minimum atomic E-state index is 0.290. The highest BCUT2D eigenvalue weighted by Crippen LogP contribution is 2.11. The molecule has 1 unspecified atom stereocenters. The van der Waals surface area contributed by atoms with Gasteiger partial charge in [0.1, 0.15) is 5.65 Å². The Morgan fingerprint density at radius 2 is 2.33 bits per heavy atom. The zero-order valence-electron chi connectivity index (χ0n) is 12.9. The molecule has 21 heavy (non-hydrogen) atoms. The Balaban J connectivity index is 1.58. The molecule has 5 nitrogen and oxygen atoms in total. The van der Waals surface area contributed by atoms with Crippen LogP contribution in [-0.4, -0.2) is 53.2 Å². The first-order valence-electron chi connectivity index (χ1n) is 7.75. The topological polar surface area (TPSA) is 41.8 Å². The summed E-state index contributed by atoms with van der Waals surface area (Å²) >= 11 is 0. The van der Waals surface area contributed by atoms with Gasteiger partial charge in [-0.3, -0.25) is 4.90 Å². The molecule has 114 valence electrons. The maximum Gasteiger partial charge on any atom is 0.137 e. The molecule has 0 aromatic carbocycles. The van der Waals surface area contributed by atoms with Gasteiger partial charge < -0.3 is 14.5 Å². The summed E-state index contributed by atoms with van der Waals surface area (Å²) in [5, 5.41) is 3.52. The van der Waals surface area contributed by atoms with Crippen molar-refractivity contribution in [1.82, 2.24) is 19.6 Å². The van der Waals surface area contributed by atoms with Crippen molar-refractivity contribution in [3.05, 3.63) is 35.8 Å². The average Bonchev–Trinajstić information content (AvgIpc) is 2.83. The lowest BCUT2D eigenvalue weighted by atomic mass is 10.2. The highest BCUT2D eigenvalue weighted by molar-refractivity contribution is 5.42. The van der Waals surface area contributed by atoms with Gasteiger partial charge in [-0.2, -0.15) is 0 Å². The fourth-order valence-electron chi connectivity index (χ4n) is 2.92. The number of ether oxygens (including phenoxy) is 1. The number of hydrogen-bond acceptors (Lipinski definition) is 4. The van der Waals surface area contributed by atoms with Crippen molar-refractivity contribution in [2.24, 2.45) is 0 Å². The molecular formula is C16H24N4O. The molecular weight excluding hydrogens is 264 g/mol. The van der Waals surface area contributed by atoms with Gasteiger partial charge in [-0.25, -0.2) is 4.98 Å². The second-order valence-corrected chi connectivity index (χ2v) is 5.59. The van der Waals surface area contributed by atoms with Gasteiger partial charge in [-0.05, 0) is 25.6 Å². The molecule has 2 aromatic rings. The van der Waals surface area contributed by atoms with Crippen molar-refractivity contribution >= 4 is 5.65 Å². The Labute approximate surface area is 125 Å². The number of imidazole rings is 1. The van der Waals surface area contributed by atoms with Crippen molar-refractivity contribution in [3.8, 4) is 0 Å². The van der Waals surface area contributed by atoms with Gasteiger partial charge in [0.15, 0.2) is 0 Å². The molecule has 1 aliphatic rings. The fraction of sp³-hybridized carbons (Fsp3) is 0.562. The third-order valence-electron chi connectivity index (χ3n) is 4.16. The van der Waals surface area contributed by atoms with E-state index < -0.39 is 0 Å². The smallest absolute Gasteiger partial charge is 0.137 e. The highest BCUT2D eigenvalue weighted by Gasteiger charge is 2.19. The van der Waals surface area contributed by atoms with Gasteiger partial charge in [0.2, 0.25) is 0 Å². The number of nitrogens with zero attached hydrogens (tertiary/aromatic N) is 3. The van der Waals surface area contributed by atoms with Crippen molar-refractivity contribution in [2.45, 2.75) is 26.5 Å². The third kappa shape index (κ3) is 3.26. The lowest BCUT2D eigenvalue weighted by molar-refractivity contribution is -0.0254. The number of hydrogen-bond donors (Lipinski definition) is 1. The number of likely N-dealkylation sites (N-methyl/N-ethyl adjacent to an activating group) is 1. The summed E-state index contributed by atoms with van der Waals surface area (Å²) in [6.45, 7) is 10.0. The second kappa shape index (κ2) is 6.56. The summed E-state index contributed by atoms with van der Waals surface area (Å²) in [6, 6.07) is 6.11. The maximum absolute atomic E-state index is 5.82. The van der Waals surface area contributed by atoms with E-state index in [0.29, 0.717) is 0 Å².